The average Bonchev–Trinajstić information content (AvgIpc) is 3.08. The number of carbonyl (C=O) groups excluding carboxylic acids is 2. The number of amides is 2. The van der Waals surface area contributed by atoms with E-state index in [2.05, 4.69) is 5.32 Å². The second-order valence-corrected chi connectivity index (χ2v) is 6.72. The topological polar surface area (TPSA) is 49.4 Å². The highest BCUT2D eigenvalue weighted by Crippen LogP contribution is 2.25. The van der Waals surface area contributed by atoms with Crippen LogP contribution in [0.5, 0.6) is 0 Å². The van der Waals surface area contributed by atoms with E-state index in [1.165, 1.54) is 11.3 Å². The number of carbonyl (C=O) groups is 2. The maximum absolute atomic E-state index is 12.8. The highest BCUT2D eigenvalue weighted by Gasteiger charge is 2.36. The van der Waals surface area contributed by atoms with Gasteiger partial charge in [0.05, 0.1) is 10.6 Å². The molecular weight excluding hydrogens is 308 g/mol. The summed E-state index contributed by atoms with van der Waals surface area (Å²) in [6, 6.07) is 12.7. The second kappa shape index (κ2) is 6.38. The number of nitrogens with one attached hydrogen (secondary N) is 1. The maximum atomic E-state index is 12.8. The molecule has 0 fully saturated rings. The van der Waals surface area contributed by atoms with Crippen LogP contribution in [-0.4, -0.2) is 22.8 Å². The van der Waals surface area contributed by atoms with Crippen LogP contribution in [0, 0.1) is 5.92 Å². The van der Waals surface area contributed by atoms with E-state index in [1.807, 2.05) is 55.6 Å². The number of benzene rings is 1. The van der Waals surface area contributed by atoms with Gasteiger partial charge in [-0.25, -0.2) is 0 Å². The van der Waals surface area contributed by atoms with Crippen molar-refractivity contribution in [2.24, 2.45) is 5.92 Å². The van der Waals surface area contributed by atoms with Gasteiger partial charge in [-0.2, -0.15) is 0 Å². The van der Waals surface area contributed by atoms with Crippen molar-refractivity contribution in [3.63, 3.8) is 0 Å². The molecule has 1 aromatic heterocycles. The molecule has 4 nitrogen and oxygen atoms in total. The minimum absolute atomic E-state index is 0.0208. The van der Waals surface area contributed by atoms with Gasteiger partial charge in [0.1, 0.15) is 6.04 Å². The Balaban J connectivity index is 2.03. The molecule has 23 heavy (non-hydrogen) atoms. The van der Waals surface area contributed by atoms with Crippen LogP contribution < -0.4 is 5.32 Å². The summed E-state index contributed by atoms with van der Waals surface area (Å²) in [6.45, 7) is 3.89. The van der Waals surface area contributed by atoms with E-state index in [9.17, 15) is 9.59 Å². The number of nitrogens with zero attached hydrogens (tertiary/aromatic N) is 1. The first-order valence-electron chi connectivity index (χ1n) is 7.52. The van der Waals surface area contributed by atoms with Gasteiger partial charge in [0.25, 0.3) is 5.91 Å². The van der Waals surface area contributed by atoms with E-state index in [4.69, 9.17) is 0 Å². The molecule has 1 unspecified atom stereocenters. The van der Waals surface area contributed by atoms with Gasteiger partial charge in [0.2, 0.25) is 5.91 Å². The molecule has 2 aromatic rings. The van der Waals surface area contributed by atoms with Crippen LogP contribution in [0.1, 0.15) is 29.1 Å². The lowest BCUT2D eigenvalue weighted by Gasteiger charge is -2.35. The molecule has 0 saturated heterocycles. The predicted molar refractivity (Wildman–Crippen MR) is 91.7 cm³/mol. The molecule has 0 aliphatic carbocycles. The third kappa shape index (κ3) is 3.05. The molecule has 2 heterocycles. The largest absolute Gasteiger partial charge is 0.322 e. The van der Waals surface area contributed by atoms with Gasteiger partial charge in [0, 0.05) is 6.20 Å². The average molecular weight is 326 g/mol. The van der Waals surface area contributed by atoms with Crippen molar-refractivity contribution in [3.8, 4) is 0 Å². The van der Waals surface area contributed by atoms with Gasteiger partial charge < -0.3 is 5.32 Å². The zero-order chi connectivity index (χ0) is 16.4. The summed E-state index contributed by atoms with van der Waals surface area (Å²) >= 11 is 1.38. The zero-order valence-corrected chi connectivity index (χ0v) is 13.8. The molecule has 1 aromatic carbocycles. The SMILES string of the molecule is CC(C)C1C(=O)NC(c2ccccc2)=CN1C(=O)c1cccs1. The molecule has 2 amide bonds. The summed E-state index contributed by atoms with van der Waals surface area (Å²) < 4.78 is 0. The Bertz CT molecular complexity index is 736. The lowest BCUT2D eigenvalue weighted by atomic mass is 9.98. The van der Waals surface area contributed by atoms with E-state index >= 15 is 0 Å². The lowest BCUT2D eigenvalue weighted by molar-refractivity contribution is -0.125. The van der Waals surface area contributed by atoms with Crippen molar-refractivity contribution in [2.75, 3.05) is 0 Å². The Morgan fingerprint density at radius 2 is 1.91 bits per heavy atom. The summed E-state index contributed by atoms with van der Waals surface area (Å²) in [4.78, 5) is 27.6. The van der Waals surface area contributed by atoms with Crippen LogP contribution in [0.3, 0.4) is 0 Å². The fourth-order valence-electron chi connectivity index (χ4n) is 2.69. The van der Waals surface area contributed by atoms with Crippen molar-refractivity contribution >= 4 is 28.8 Å². The zero-order valence-electron chi connectivity index (χ0n) is 13.0. The van der Waals surface area contributed by atoms with Crippen molar-refractivity contribution in [1.82, 2.24) is 10.2 Å². The lowest BCUT2D eigenvalue weighted by Crippen LogP contribution is -2.53. The number of hydrogen-bond donors (Lipinski definition) is 1. The summed E-state index contributed by atoms with van der Waals surface area (Å²) in [7, 11) is 0. The highest BCUT2D eigenvalue weighted by atomic mass is 32.1. The first-order chi connectivity index (χ1) is 11.1. The van der Waals surface area contributed by atoms with Crippen LogP contribution in [0.2, 0.25) is 0 Å². The Morgan fingerprint density at radius 1 is 1.17 bits per heavy atom. The monoisotopic (exact) mass is 326 g/mol. The fourth-order valence-corrected chi connectivity index (χ4v) is 3.35. The van der Waals surface area contributed by atoms with Gasteiger partial charge in [-0.05, 0) is 22.9 Å². The van der Waals surface area contributed by atoms with Crippen molar-refractivity contribution < 1.29 is 9.59 Å². The molecule has 0 spiro atoms. The Labute approximate surface area is 139 Å². The van der Waals surface area contributed by atoms with Gasteiger partial charge in [-0.1, -0.05) is 50.2 Å². The smallest absolute Gasteiger partial charge is 0.268 e. The Kier molecular flexibility index (Phi) is 4.30. The molecule has 5 heteroatoms. The number of rotatable bonds is 3. The van der Waals surface area contributed by atoms with Crippen molar-refractivity contribution in [2.45, 2.75) is 19.9 Å². The molecule has 1 aliphatic rings. The summed E-state index contributed by atoms with van der Waals surface area (Å²) in [5.74, 6) is -0.263. The van der Waals surface area contributed by atoms with Crippen molar-refractivity contribution in [1.29, 1.82) is 0 Å². The summed E-state index contributed by atoms with van der Waals surface area (Å²) in [6.07, 6.45) is 1.75. The minimum atomic E-state index is -0.503. The van der Waals surface area contributed by atoms with E-state index in [0.29, 0.717) is 10.6 Å². The van der Waals surface area contributed by atoms with E-state index < -0.39 is 6.04 Å². The van der Waals surface area contributed by atoms with Crippen LogP contribution >= 0.6 is 11.3 Å². The first-order valence-corrected chi connectivity index (χ1v) is 8.40. The quantitative estimate of drug-likeness (QED) is 0.940. The fraction of sp³-hybridized carbons (Fsp3) is 0.222. The highest BCUT2D eigenvalue weighted by molar-refractivity contribution is 7.12. The van der Waals surface area contributed by atoms with Gasteiger partial charge in [-0.3, -0.25) is 14.5 Å². The summed E-state index contributed by atoms with van der Waals surface area (Å²) in [5.41, 5.74) is 1.53. The standard InChI is InChI=1S/C18H18N2O2S/c1-12(2)16-17(21)19-14(13-7-4-3-5-8-13)11-20(16)18(22)15-9-6-10-23-15/h3-12,16H,1-2H3,(H,19,21). The van der Waals surface area contributed by atoms with Crippen LogP contribution in [0.4, 0.5) is 0 Å². The van der Waals surface area contributed by atoms with Crippen molar-refractivity contribution in [3.05, 3.63) is 64.5 Å². The molecule has 0 saturated carbocycles. The van der Waals surface area contributed by atoms with Crippen LogP contribution in [0.15, 0.2) is 54.0 Å². The first kappa shape index (κ1) is 15.5. The molecule has 0 radical (unpaired) electrons. The molecule has 118 valence electrons. The molecule has 0 bridgehead atoms. The van der Waals surface area contributed by atoms with Crippen LogP contribution in [0.25, 0.3) is 5.70 Å². The van der Waals surface area contributed by atoms with Gasteiger partial charge in [0.15, 0.2) is 0 Å². The third-order valence-corrected chi connectivity index (χ3v) is 4.63. The Morgan fingerprint density at radius 3 is 2.52 bits per heavy atom. The number of thiophene rings is 1. The summed E-state index contributed by atoms with van der Waals surface area (Å²) in [5, 5.41) is 4.79. The van der Waals surface area contributed by atoms with E-state index in [0.717, 1.165) is 5.56 Å². The molecular formula is C18H18N2O2S. The second-order valence-electron chi connectivity index (χ2n) is 5.78. The minimum Gasteiger partial charge on any atom is -0.322 e. The molecule has 1 atom stereocenters. The van der Waals surface area contributed by atoms with Gasteiger partial charge >= 0.3 is 0 Å². The molecule has 1 aliphatic heterocycles. The predicted octanol–water partition coefficient (Wildman–Crippen LogP) is 3.34. The normalized spacial score (nSPS) is 17.9. The van der Waals surface area contributed by atoms with E-state index in [1.54, 1.807) is 17.2 Å². The van der Waals surface area contributed by atoms with Crippen LogP contribution in [-0.2, 0) is 4.79 Å². The van der Waals surface area contributed by atoms with Gasteiger partial charge in [-0.15, -0.1) is 11.3 Å². The maximum Gasteiger partial charge on any atom is 0.268 e. The van der Waals surface area contributed by atoms with E-state index in [-0.39, 0.29) is 17.7 Å². The number of hydrogen-bond acceptors (Lipinski definition) is 3. The molecule has 3 rings (SSSR count). The molecule has 1 N–H and O–H groups in total. The third-order valence-electron chi connectivity index (χ3n) is 3.78. The Hall–Kier alpha value is -2.40.